The van der Waals surface area contributed by atoms with Crippen LogP contribution in [0.5, 0.6) is 0 Å². The molecule has 5 aromatic rings. The number of nitrogens with one attached hydrogen (secondary N) is 1. The third kappa shape index (κ3) is 4.43. The minimum absolute atomic E-state index is 0.172. The van der Waals surface area contributed by atoms with E-state index in [9.17, 15) is 14.4 Å². The van der Waals surface area contributed by atoms with Crippen molar-refractivity contribution >= 4 is 17.2 Å². The van der Waals surface area contributed by atoms with Crippen LogP contribution in [0, 0.1) is 29.0 Å². The summed E-state index contributed by atoms with van der Waals surface area (Å²) in [5.41, 5.74) is 3.77. The lowest BCUT2D eigenvalue weighted by Gasteiger charge is -2.28. The van der Waals surface area contributed by atoms with Crippen molar-refractivity contribution in [2.75, 3.05) is 18.0 Å². The Labute approximate surface area is 240 Å². The number of hydrogen-bond donors (Lipinski definition) is 1. The van der Waals surface area contributed by atoms with Gasteiger partial charge in [0, 0.05) is 61.0 Å². The van der Waals surface area contributed by atoms with E-state index in [2.05, 4.69) is 31.5 Å². The molecule has 1 aliphatic heterocycles. The van der Waals surface area contributed by atoms with Crippen molar-refractivity contribution in [3.8, 4) is 28.5 Å². The Bertz CT molecular complexity index is 1860. The van der Waals surface area contributed by atoms with Crippen molar-refractivity contribution in [3.05, 3.63) is 78.7 Å². The maximum Gasteiger partial charge on any atom is 0.273 e. The number of aryl methyl sites for hydroxylation is 1. The van der Waals surface area contributed by atoms with Gasteiger partial charge in [-0.05, 0) is 49.8 Å². The predicted molar refractivity (Wildman–Crippen MR) is 152 cm³/mol. The lowest BCUT2D eigenvalue weighted by molar-refractivity contribution is 0.0895. The number of amides is 1. The van der Waals surface area contributed by atoms with Crippen molar-refractivity contribution < 1.29 is 9.18 Å². The summed E-state index contributed by atoms with van der Waals surface area (Å²) < 4.78 is 17.5. The van der Waals surface area contributed by atoms with E-state index in [0.717, 1.165) is 48.4 Å². The molecule has 210 valence electrons. The number of halogens is 1. The number of rotatable bonds is 5. The number of carbonyl (C=O) groups excluding carboxylic acids is 1. The molecule has 3 atom stereocenters. The zero-order valence-electron chi connectivity index (χ0n) is 23.1. The number of nitrogens with zero attached hydrogens (tertiary/aromatic N) is 9. The molecule has 2 aliphatic rings. The molecule has 0 aromatic carbocycles. The Kier molecular flexibility index (Phi) is 5.97. The van der Waals surface area contributed by atoms with Crippen molar-refractivity contribution in [3.63, 3.8) is 0 Å². The van der Waals surface area contributed by atoms with Crippen LogP contribution in [0.15, 0.2) is 61.6 Å². The highest BCUT2D eigenvalue weighted by atomic mass is 19.1. The van der Waals surface area contributed by atoms with Crippen molar-refractivity contribution in [1.29, 1.82) is 5.26 Å². The molecule has 1 N–H and O–H groups in total. The van der Waals surface area contributed by atoms with E-state index < -0.39 is 17.3 Å². The van der Waals surface area contributed by atoms with Gasteiger partial charge in [0.05, 0.1) is 41.6 Å². The zero-order valence-corrected chi connectivity index (χ0v) is 23.1. The van der Waals surface area contributed by atoms with Gasteiger partial charge in [-0.3, -0.25) is 14.5 Å². The van der Waals surface area contributed by atoms with Gasteiger partial charge in [-0.25, -0.2) is 18.9 Å². The van der Waals surface area contributed by atoms with E-state index in [1.54, 1.807) is 34.0 Å². The molecule has 5 aromatic heterocycles. The second kappa shape index (κ2) is 9.73. The van der Waals surface area contributed by atoms with Crippen LogP contribution < -0.4 is 10.2 Å². The molecule has 1 aliphatic carbocycles. The third-order valence-electron chi connectivity index (χ3n) is 8.40. The number of nitriles is 1. The Morgan fingerprint density at radius 3 is 2.55 bits per heavy atom. The molecule has 12 heteroatoms. The first-order valence-corrected chi connectivity index (χ1v) is 13.7. The first-order chi connectivity index (χ1) is 20.3. The lowest BCUT2D eigenvalue weighted by atomic mass is 9.97. The predicted octanol–water partition coefficient (Wildman–Crippen LogP) is 3.63. The minimum atomic E-state index is -0.619. The second-order valence-corrected chi connectivity index (χ2v) is 11.5. The highest BCUT2D eigenvalue weighted by Crippen LogP contribution is 2.44. The molecule has 2 fully saturated rings. The molecular formula is C30H27FN10O. The summed E-state index contributed by atoms with van der Waals surface area (Å²) in [5.74, 6) is 0.417. The van der Waals surface area contributed by atoms with Crippen molar-refractivity contribution in [2.24, 2.45) is 18.9 Å². The summed E-state index contributed by atoms with van der Waals surface area (Å²) in [6.45, 7) is 3.61. The van der Waals surface area contributed by atoms with E-state index in [0.29, 0.717) is 28.6 Å². The van der Waals surface area contributed by atoms with Crippen LogP contribution in [-0.4, -0.2) is 58.9 Å². The zero-order chi connectivity index (χ0) is 29.0. The Morgan fingerprint density at radius 2 is 1.88 bits per heavy atom. The quantitative estimate of drug-likeness (QED) is 0.344. The maximum absolute atomic E-state index is 14.1. The number of aromatic nitrogens is 7. The molecule has 1 saturated heterocycles. The average Bonchev–Trinajstić information content (AvgIpc) is 3.75. The summed E-state index contributed by atoms with van der Waals surface area (Å²) in [7, 11) is 1.86. The monoisotopic (exact) mass is 562 g/mol. The second-order valence-electron chi connectivity index (χ2n) is 11.5. The van der Waals surface area contributed by atoms with Crippen molar-refractivity contribution in [2.45, 2.75) is 25.3 Å². The summed E-state index contributed by atoms with van der Waals surface area (Å²) in [6, 6.07) is 6.94. The normalized spacial score (nSPS) is 21.4. The fourth-order valence-corrected chi connectivity index (χ4v) is 6.57. The molecule has 42 heavy (non-hydrogen) atoms. The smallest absolute Gasteiger partial charge is 0.273 e. The summed E-state index contributed by atoms with van der Waals surface area (Å²) in [6.07, 6.45) is 13.7. The van der Waals surface area contributed by atoms with E-state index in [1.807, 2.05) is 32.4 Å². The van der Waals surface area contributed by atoms with Crippen LogP contribution in [-0.2, 0) is 7.05 Å². The Hall–Kier alpha value is -5.18. The first kappa shape index (κ1) is 25.8. The van der Waals surface area contributed by atoms with Gasteiger partial charge in [0.25, 0.3) is 5.91 Å². The van der Waals surface area contributed by atoms with Gasteiger partial charge in [0.1, 0.15) is 11.9 Å². The van der Waals surface area contributed by atoms with Gasteiger partial charge >= 0.3 is 0 Å². The van der Waals surface area contributed by atoms with Crippen LogP contribution in [0.25, 0.3) is 27.9 Å². The number of pyridine rings is 2. The van der Waals surface area contributed by atoms with E-state index in [1.165, 1.54) is 18.3 Å². The van der Waals surface area contributed by atoms with Crippen molar-refractivity contribution in [1.82, 2.24) is 39.7 Å². The molecular weight excluding hydrogens is 535 g/mol. The molecule has 0 unspecified atom stereocenters. The summed E-state index contributed by atoms with van der Waals surface area (Å²) >= 11 is 0. The molecule has 1 amide bonds. The molecule has 11 nitrogen and oxygen atoms in total. The number of fused-ring (bicyclic) bond motifs is 2. The Morgan fingerprint density at radius 1 is 1.07 bits per heavy atom. The van der Waals surface area contributed by atoms with Gasteiger partial charge in [0.15, 0.2) is 11.5 Å². The van der Waals surface area contributed by atoms with Gasteiger partial charge < -0.3 is 10.2 Å². The molecule has 6 heterocycles. The summed E-state index contributed by atoms with van der Waals surface area (Å²) in [5, 5.41) is 21.4. The van der Waals surface area contributed by atoms with Gasteiger partial charge in [-0.1, -0.05) is 0 Å². The number of anilines is 1. The maximum atomic E-state index is 14.1. The minimum Gasteiger partial charge on any atom is -0.355 e. The highest BCUT2D eigenvalue weighted by molar-refractivity contribution is 5.93. The SMILES string of the molecule is Cn1cc(-c2cc(-c3cnc(N4C[C@@H]5C[C@@](C)(NC(=O)c6ncccc6F)C[C@@H]5C4)cn3)c3c(C#N)cnn3c2)cn1. The Balaban J connectivity index is 1.09. The van der Waals surface area contributed by atoms with Crippen LogP contribution >= 0.6 is 0 Å². The average molecular weight is 563 g/mol. The van der Waals surface area contributed by atoms with Crippen LogP contribution in [0.2, 0.25) is 0 Å². The number of hydrogen-bond acceptors (Lipinski definition) is 8. The van der Waals surface area contributed by atoms with Gasteiger partial charge in [-0.2, -0.15) is 15.5 Å². The largest absolute Gasteiger partial charge is 0.355 e. The topological polar surface area (TPSA) is 130 Å². The third-order valence-corrected chi connectivity index (χ3v) is 8.40. The first-order valence-electron chi connectivity index (χ1n) is 13.7. The fraction of sp³-hybridized carbons (Fsp3) is 0.300. The lowest BCUT2D eigenvalue weighted by Crippen LogP contribution is -2.45. The highest BCUT2D eigenvalue weighted by Gasteiger charge is 2.48. The van der Waals surface area contributed by atoms with E-state index in [-0.39, 0.29) is 5.69 Å². The van der Waals surface area contributed by atoms with Gasteiger partial charge in [-0.15, -0.1) is 0 Å². The van der Waals surface area contributed by atoms with E-state index in [4.69, 9.17) is 9.97 Å². The summed E-state index contributed by atoms with van der Waals surface area (Å²) in [4.78, 5) is 28.4. The molecule has 7 rings (SSSR count). The molecule has 0 radical (unpaired) electrons. The van der Waals surface area contributed by atoms with Crippen LogP contribution in [0.4, 0.5) is 10.2 Å². The standard InChI is InChI=1S/C30H27FN10O/c1-30(38-29(42)27-24(31)4-3-5-33-27)7-19-15-40(16-20(19)8-30)26-13-34-25(12-35-26)23-6-18(22-11-36-39(2)14-22)17-41-28(23)21(9-32)10-37-41/h3-6,10-14,17,19-20H,7-8,15-16H2,1-2H3,(H,38,42)/t19-,20+,30+. The molecule has 1 saturated carbocycles. The molecule has 0 spiro atoms. The van der Waals surface area contributed by atoms with Crippen LogP contribution in [0.3, 0.4) is 0 Å². The van der Waals surface area contributed by atoms with Gasteiger partial charge in [0.2, 0.25) is 0 Å². The number of carbonyl (C=O) groups is 1. The van der Waals surface area contributed by atoms with Crippen LogP contribution in [0.1, 0.15) is 35.8 Å². The fourth-order valence-electron chi connectivity index (χ4n) is 6.57. The van der Waals surface area contributed by atoms with E-state index >= 15 is 0 Å². The molecule has 0 bridgehead atoms.